The lowest BCUT2D eigenvalue weighted by Gasteiger charge is -2.02. The van der Waals surface area contributed by atoms with Crippen LogP contribution in [0.15, 0.2) is 36.4 Å². The van der Waals surface area contributed by atoms with E-state index in [-0.39, 0.29) is 5.69 Å². The second-order valence-electron chi connectivity index (χ2n) is 4.74. The summed E-state index contributed by atoms with van der Waals surface area (Å²) in [5.41, 5.74) is 4.34. The van der Waals surface area contributed by atoms with Crippen molar-refractivity contribution in [1.82, 2.24) is 9.55 Å². The second-order valence-corrected chi connectivity index (χ2v) is 4.74. The predicted molar refractivity (Wildman–Crippen MR) is 74.4 cm³/mol. The predicted octanol–water partition coefficient (Wildman–Crippen LogP) is 3.18. The quantitative estimate of drug-likeness (QED) is 0.738. The molecule has 2 heterocycles. The van der Waals surface area contributed by atoms with Gasteiger partial charge in [0.2, 0.25) is 0 Å². The van der Waals surface area contributed by atoms with E-state index in [1.807, 2.05) is 7.05 Å². The topological polar surface area (TPSA) is 58.0 Å². The molecule has 4 nitrogen and oxygen atoms in total. The Kier molecular flexibility index (Phi) is 2.45. The van der Waals surface area contributed by atoms with Crippen molar-refractivity contribution in [3.63, 3.8) is 0 Å². The van der Waals surface area contributed by atoms with Crippen LogP contribution in [0.4, 0.5) is 0 Å². The number of aromatic carboxylic acids is 1. The van der Waals surface area contributed by atoms with Gasteiger partial charge >= 0.3 is 5.97 Å². The molecule has 0 radical (unpaired) electrons. The molecule has 0 bridgehead atoms. The first-order chi connectivity index (χ1) is 9.06. The number of aromatic nitrogens is 2. The molecule has 96 valence electrons. The van der Waals surface area contributed by atoms with Gasteiger partial charge in [-0.25, -0.2) is 4.79 Å². The maximum absolute atomic E-state index is 10.9. The summed E-state index contributed by atoms with van der Waals surface area (Å²) in [6.45, 7) is 2.06. The third kappa shape index (κ3) is 1.81. The monoisotopic (exact) mass is 254 g/mol. The molecule has 0 fully saturated rings. The molecular weight excluding hydrogens is 240 g/mol. The number of aryl methyl sites for hydroxylation is 2. The summed E-state index contributed by atoms with van der Waals surface area (Å²) in [6, 6.07) is 11.7. The van der Waals surface area contributed by atoms with Crippen LogP contribution in [0.5, 0.6) is 0 Å². The fraction of sp³-hybridized carbons (Fsp3) is 0.133. The van der Waals surface area contributed by atoms with Crippen LogP contribution in [0, 0.1) is 6.92 Å². The van der Waals surface area contributed by atoms with Crippen molar-refractivity contribution in [1.29, 1.82) is 0 Å². The Balaban J connectivity index is 2.18. The molecule has 0 aliphatic carbocycles. The van der Waals surface area contributed by atoms with Crippen molar-refractivity contribution in [2.75, 3.05) is 0 Å². The lowest BCUT2D eigenvalue weighted by molar-refractivity contribution is 0.0691. The fourth-order valence-corrected chi connectivity index (χ4v) is 2.40. The highest BCUT2D eigenvalue weighted by molar-refractivity contribution is 5.89. The standard InChI is InChI=1S/C15H14N2O2/c1-9-3-6-13-10(7-9)8-14(17(13)2)11-4-5-12(16-11)15(18)19/h3-8,16H,1-2H3,(H,18,19). The normalized spacial score (nSPS) is 11.1. The van der Waals surface area contributed by atoms with E-state index in [9.17, 15) is 4.79 Å². The Morgan fingerprint density at radius 3 is 2.68 bits per heavy atom. The van der Waals surface area contributed by atoms with Crippen molar-refractivity contribution >= 4 is 16.9 Å². The summed E-state index contributed by atoms with van der Waals surface area (Å²) < 4.78 is 2.06. The van der Waals surface area contributed by atoms with E-state index < -0.39 is 5.97 Å². The van der Waals surface area contributed by atoms with Crippen molar-refractivity contribution in [3.8, 4) is 11.4 Å². The molecule has 0 atom stereocenters. The van der Waals surface area contributed by atoms with E-state index >= 15 is 0 Å². The van der Waals surface area contributed by atoms with Crippen LogP contribution in [0.25, 0.3) is 22.3 Å². The fourth-order valence-electron chi connectivity index (χ4n) is 2.40. The number of fused-ring (bicyclic) bond motifs is 1. The lowest BCUT2D eigenvalue weighted by atomic mass is 10.2. The van der Waals surface area contributed by atoms with Gasteiger partial charge in [-0.3, -0.25) is 0 Å². The number of nitrogens with zero attached hydrogens (tertiary/aromatic N) is 1. The Hall–Kier alpha value is -2.49. The Morgan fingerprint density at radius 1 is 1.21 bits per heavy atom. The van der Waals surface area contributed by atoms with Gasteiger partial charge in [0.25, 0.3) is 0 Å². The largest absolute Gasteiger partial charge is 0.477 e. The molecule has 0 unspecified atom stereocenters. The Labute approximate surface area is 110 Å². The number of aromatic amines is 1. The second kappa shape index (κ2) is 4.02. The number of rotatable bonds is 2. The number of benzene rings is 1. The van der Waals surface area contributed by atoms with Crippen molar-refractivity contribution in [2.24, 2.45) is 7.05 Å². The third-order valence-corrected chi connectivity index (χ3v) is 3.39. The van der Waals surface area contributed by atoms with Crippen LogP contribution in [-0.4, -0.2) is 20.6 Å². The molecule has 2 N–H and O–H groups in total. The third-order valence-electron chi connectivity index (χ3n) is 3.39. The van der Waals surface area contributed by atoms with Crippen LogP contribution in [0.3, 0.4) is 0 Å². The number of hydrogen-bond acceptors (Lipinski definition) is 1. The van der Waals surface area contributed by atoms with Gasteiger partial charge in [0.05, 0.1) is 11.4 Å². The summed E-state index contributed by atoms with van der Waals surface area (Å²) in [5, 5.41) is 10.1. The van der Waals surface area contributed by atoms with Crippen LogP contribution >= 0.6 is 0 Å². The minimum absolute atomic E-state index is 0.205. The molecule has 0 aliphatic rings. The van der Waals surface area contributed by atoms with E-state index in [0.717, 1.165) is 22.3 Å². The highest BCUT2D eigenvalue weighted by Gasteiger charge is 2.11. The number of carboxylic acids is 1. The number of nitrogens with one attached hydrogen (secondary N) is 1. The highest BCUT2D eigenvalue weighted by Crippen LogP contribution is 2.27. The molecule has 0 saturated carbocycles. The molecule has 4 heteroatoms. The molecule has 19 heavy (non-hydrogen) atoms. The maximum atomic E-state index is 10.9. The molecule has 1 aromatic carbocycles. The highest BCUT2D eigenvalue weighted by atomic mass is 16.4. The molecule has 3 rings (SSSR count). The van der Waals surface area contributed by atoms with Crippen molar-refractivity contribution in [2.45, 2.75) is 6.92 Å². The van der Waals surface area contributed by atoms with E-state index in [0.29, 0.717) is 0 Å². The van der Waals surface area contributed by atoms with Crippen molar-refractivity contribution < 1.29 is 9.90 Å². The minimum atomic E-state index is -0.944. The zero-order chi connectivity index (χ0) is 13.6. The molecule has 0 aliphatic heterocycles. The van der Waals surface area contributed by atoms with E-state index in [1.165, 1.54) is 5.56 Å². The molecular formula is C15H14N2O2. The van der Waals surface area contributed by atoms with Crippen molar-refractivity contribution in [3.05, 3.63) is 47.7 Å². The molecule has 0 amide bonds. The summed E-state index contributed by atoms with van der Waals surface area (Å²) in [4.78, 5) is 13.8. The van der Waals surface area contributed by atoms with Crippen LogP contribution in [-0.2, 0) is 7.05 Å². The summed E-state index contributed by atoms with van der Waals surface area (Å²) in [6.07, 6.45) is 0. The average molecular weight is 254 g/mol. The summed E-state index contributed by atoms with van der Waals surface area (Å²) in [5.74, 6) is -0.944. The van der Waals surface area contributed by atoms with Crippen LogP contribution < -0.4 is 0 Å². The van der Waals surface area contributed by atoms with Gasteiger partial charge in [-0.05, 0) is 37.3 Å². The van der Waals surface area contributed by atoms with E-state index in [2.05, 4.69) is 40.7 Å². The van der Waals surface area contributed by atoms with Gasteiger partial charge in [-0.1, -0.05) is 11.6 Å². The van der Waals surface area contributed by atoms with Gasteiger partial charge in [0.15, 0.2) is 0 Å². The lowest BCUT2D eigenvalue weighted by Crippen LogP contribution is -1.96. The summed E-state index contributed by atoms with van der Waals surface area (Å²) in [7, 11) is 1.98. The van der Waals surface area contributed by atoms with Gasteiger partial charge in [-0.15, -0.1) is 0 Å². The zero-order valence-corrected chi connectivity index (χ0v) is 10.8. The Morgan fingerprint density at radius 2 is 2.00 bits per heavy atom. The number of H-pyrrole nitrogens is 1. The molecule has 2 aromatic heterocycles. The molecule has 0 saturated heterocycles. The number of carboxylic acid groups (broad SMARTS) is 1. The van der Waals surface area contributed by atoms with Crippen LogP contribution in [0.1, 0.15) is 16.1 Å². The smallest absolute Gasteiger partial charge is 0.352 e. The maximum Gasteiger partial charge on any atom is 0.352 e. The van der Waals surface area contributed by atoms with E-state index in [1.54, 1.807) is 12.1 Å². The first kappa shape index (κ1) is 11.6. The first-order valence-corrected chi connectivity index (χ1v) is 6.05. The van der Waals surface area contributed by atoms with Gasteiger partial charge in [0, 0.05) is 18.0 Å². The Bertz CT molecular complexity index is 781. The van der Waals surface area contributed by atoms with Crippen LogP contribution in [0.2, 0.25) is 0 Å². The average Bonchev–Trinajstić information content (AvgIpc) is 2.94. The number of carbonyl (C=O) groups is 1. The number of hydrogen-bond donors (Lipinski definition) is 2. The summed E-state index contributed by atoms with van der Waals surface area (Å²) >= 11 is 0. The zero-order valence-electron chi connectivity index (χ0n) is 10.8. The molecule has 0 spiro atoms. The SMILES string of the molecule is Cc1ccc2c(c1)cc(-c1ccc(C(=O)O)[nH]1)n2C. The van der Waals surface area contributed by atoms with E-state index in [4.69, 9.17) is 5.11 Å². The first-order valence-electron chi connectivity index (χ1n) is 6.05. The van der Waals surface area contributed by atoms with Gasteiger partial charge < -0.3 is 14.7 Å². The molecule has 3 aromatic rings. The minimum Gasteiger partial charge on any atom is -0.477 e. The van der Waals surface area contributed by atoms with Gasteiger partial charge in [-0.2, -0.15) is 0 Å². The van der Waals surface area contributed by atoms with Gasteiger partial charge in [0.1, 0.15) is 5.69 Å².